The topological polar surface area (TPSA) is 53.2 Å². The number of hydrogen-bond donors (Lipinski definition) is 3. The zero-order valence-electron chi connectivity index (χ0n) is 13.2. The van der Waals surface area contributed by atoms with Crippen molar-refractivity contribution < 1.29 is 4.79 Å². The van der Waals surface area contributed by atoms with Crippen LogP contribution in [-0.4, -0.2) is 21.0 Å². The summed E-state index contributed by atoms with van der Waals surface area (Å²) in [4.78, 5) is 12.5. The van der Waals surface area contributed by atoms with E-state index < -0.39 is 15.9 Å². The molecule has 0 radical (unpaired) electrons. The largest absolute Gasteiger partial charge is 0.339 e. The third kappa shape index (κ3) is 7.13. The van der Waals surface area contributed by atoms with Gasteiger partial charge in [-0.1, -0.05) is 80.0 Å². The van der Waals surface area contributed by atoms with Gasteiger partial charge in [-0.05, 0) is 48.6 Å². The molecule has 0 spiro atoms. The van der Waals surface area contributed by atoms with Gasteiger partial charge in [0.2, 0.25) is 3.79 Å². The van der Waals surface area contributed by atoms with Crippen LogP contribution in [0, 0.1) is 0 Å². The van der Waals surface area contributed by atoms with Crippen molar-refractivity contribution in [1.29, 1.82) is 0 Å². The van der Waals surface area contributed by atoms with Gasteiger partial charge >= 0.3 is 0 Å². The van der Waals surface area contributed by atoms with Gasteiger partial charge in [-0.2, -0.15) is 0 Å². The second-order valence-corrected chi connectivity index (χ2v) is 9.72. The Hall–Kier alpha value is -0.470. The molecule has 27 heavy (non-hydrogen) atoms. The number of benzene rings is 2. The normalized spacial score (nSPS) is 12.2. The van der Waals surface area contributed by atoms with Crippen LogP contribution in [0.4, 0.5) is 5.69 Å². The van der Waals surface area contributed by atoms with Gasteiger partial charge in [0.1, 0.15) is 6.17 Å². The lowest BCUT2D eigenvalue weighted by atomic mass is 10.2. The Bertz CT molecular complexity index is 862. The first-order valence-corrected chi connectivity index (χ1v) is 10.3. The molecule has 0 aliphatic carbocycles. The maximum Gasteiger partial charge on any atom is 0.254 e. The molecule has 1 atom stereocenters. The number of carbonyl (C=O) groups excluding carboxylic acids is 1. The number of nitrogens with one attached hydrogen (secondary N) is 3. The van der Waals surface area contributed by atoms with Gasteiger partial charge in [-0.15, -0.1) is 0 Å². The van der Waals surface area contributed by atoms with Gasteiger partial charge in [-0.3, -0.25) is 4.79 Å². The number of carbonyl (C=O) groups is 1. The first kappa shape index (κ1) is 22.8. The zero-order chi connectivity index (χ0) is 20.2. The fourth-order valence-corrected chi connectivity index (χ4v) is 3.40. The Morgan fingerprint density at radius 3 is 2.37 bits per heavy atom. The van der Waals surface area contributed by atoms with E-state index in [0.29, 0.717) is 10.7 Å². The van der Waals surface area contributed by atoms with E-state index in [4.69, 9.17) is 70.2 Å². The molecule has 0 bridgehead atoms. The summed E-state index contributed by atoms with van der Waals surface area (Å²) in [6, 6.07) is 11.7. The monoisotopic (exact) mass is 547 g/mol. The lowest BCUT2D eigenvalue weighted by molar-refractivity contribution is 0.0934. The quantitative estimate of drug-likeness (QED) is 0.242. The number of amides is 1. The van der Waals surface area contributed by atoms with Crippen LogP contribution in [0.2, 0.25) is 10.0 Å². The minimum absolute atomic E-state index is 0.145. The van der Waals surface area contributed by atoms with Crippen molar-refractivity contribution >= 4 is 103 Å². The molecule has 0 saturated carbocycles. The predicted molar refractivity (Wildman–Crippen MR) is 122 cm³/mol. The highest BCUT2D eigenvalue weighted by atomic mass is 79.9. The number of alkyl halides is 3. The van der Waals surface area contributed by atoms with E-state index in [-0.39, 0.29) is 15.7 Å². The van der Waals surface area contributed by atoms with Crippen molar-refractivity contribution in [2.75, 3.05) is 5.32 Å². The van der Waals surface area contributed by atoms with Crippen LogP contribution in [0.1, 0.15) is 10.4 Å². The molecule has 11 heteroatoms. The Balaban J connectivity index is 2.11. The highest BCUT2D eigenvalue weighted by Crippen LogP contribution is 2.30. The first-order chi connectivity index (χ1) is 12.6. The molecule has 4 nitrogen and oxygen atoms in total. The van der Waals surface area contributed by atoms with E-state index in [9.17, 15) is 4.79 Å². The molecule has 2 aromatic carbocycles. The molecule has 1 amide bonds. The van der Waals surface area contributed by atoms with E-state index in [1.807, 2.05) is 18.2 Å². The molecule has 0 heterocycles. The number of hydrogen-bond acceptors (Lipinski definition) is 2. The average Bonchev–Trinajstić information content (AvgIpc) is 2.53. The highest BCUT2D eigenvalue weighted by molar-refractivity contribution is 9.10. The molecule has 0 saturated heterocycles. The standard InChI is InChI=1S/C16H11BrCl5N3OS/c17-8-2-1-3-10(6-8)23-15(27)25-14(16(20,21)22)24-13(26)11-5-4-9(18)7-12(11)19/h1-7,14H,(H,24,26)(H2,23,25,27)/t14-/m0/s1. The van der Waals surface area contributed by atoms with E-state index >= 15 is 0 Å². The summed E-state index contributed by atoms with van der Waals surface area (Å²) in [6.07, 6.45) is -1.13. The molecule has 2 aromatic rings. The molecule has 0 aromatic heterocycles. The number of anilines is 1. The van der Waals surface area contributed by atoms with E-state index in [1.54, 1.807) is 6.07 Å². The summed E-state index contributed by atoms with van der Waals surface area (Å²) in [5, 5.41) is 8.96. The molecule has 0 fully saturated rings. The summed E-state index contributed by atoms with van der Waals surface area (Å²) in [7, 11) is 0. The maximum atomic E-state index is 12.5. The molecule has 0 unspecified atom stereocenters. The van der Waals surface area contributed by atoms with Crippen molar-refractivity contribution in [2.24, 2.45) is 0 Å². The van der Waals surface area contributed by atoms with Crippen molar-refractivity contribution in [2.45, 2.75) is 9.96 Å². The minimum atomic E-state index is -1.89. The fraction of sp³-hybridized carbons (Fsp3) is 0.125. The SMILES string of the molecule is O=C(N[C@@H](NC(=S)Nc1cccc(Br)c1)C(Cl)(Cl)Cl)c1ccc(Cl)cc1Cl. The summed E-state index contributed by atoms with van der Waals surface area (Å²) >= 11 is 38.4. The zero-order valence-corrected chi connectivity index (χ0v) is 19.4. The van der Waals surface area contributed by atoms with Crippen molar-refractivity contribution in [3.8, 4) is 0 Å². The van der Waals surface area contributed by atoms with Crippen LogP contribution < -0.4 is 16.0 Å². The van der Waals surface area contributed by atoms with Crippen LogP contribution >= 0.6 is 86.2 Å². The van der Waals surface area contributed by atoms with Crippen molar-refractivity contribution in [3.63, 3.8) is 0 Å². The molecule has 0 aliphatic heterocycles. The summed E-state index contributed by atoms with van der Waals surface area (Å²) in [5.41, 5.74) is 0.880. The van der Waals surface area contributed by atoms with Crippen LogP contribution in [0.3, 0.4) is 0 Å². The summed E-state index contributed by atoms with van der Waals surface area (Å²) in [6.45, 7) is 0. The van der Waals surface area contributed by atoms with Crippen molar-refractivity contribution in [3.05, 3.63) is 62.5 Å². The van der Waals surface area contributed by atoms with Gasteiger partial charge in [0.15, 0.2) is 5.11 Å². The van der Waals surface area contributed by atoms with Crippen molar-refractivity contribution in [1.82, 2.24) is 10.6 Å². The third-order valence-corrected chi connectivity index (χ3v) is 5.05. The lowest BCUT2D eigenvalue weighted by Crippen LogP contribution is -2.56. The van der Waals surface area contributed by atoms with Gasteiger partial charge in [-0.25, -0.2) is 0 Å². The van der Waals surface area contributed by atoms with Crippen LogP contribution in [0.25, 0.3) is 0 Å². The first-order valence-electron chi connectivity index (χ1n) is 7.22. The minimum Gasteiger partial charge on any atom is -0.339 e. The van der Waals surface area contributed by atoms with Crippen LogP contribution in [0.15, 0.2) is 46.9 Å². The molecular weight excluding hydrogens is 539 g/mol. The lowest BCUT2D eigenvalue weighted by Gasteiger charge is -2.28. The third-order valence-electron chi connectivity index (χ3n) is 3.14. The van der Waals surface area contributed by atoms with Crippen LogP contribution in [0.5, 0.6) is 0 Å². The number of halogens is 6. The highest BCUT2D eigenvalue weighted by Gasteiger charge is 2.35. The summed E-state index contributed by atoms with van der Waals surface area (Å²) < 4.78 is -1.03. The van der Waals surface area contributed by atoms with Gasteiger partial charge in [0.25, 0.3) is 5.91 Å². The Morgan fingerprint density at radius 1 is 1.07 bits per heavy atom. The Labute approximate surface area is 195 Å². The van der Waals surface area contributed by atoms with Gasteiger partial charge in [0.05, 0.1) is 10.6 Å². The molecule has 2 rings (SSSR count). The molecule has 144 valence electrons. The molecular formula is C16H11BrCl5N3OS. The summed E-state index contributed by atoms with van der Waals surface area (Å²) in [5.74, 6) is -0.564. The Kier molecular flexibility index (Phi) is 8.31. The number of rotatable bonds is 4. The average molecular weight is 551 g/mol. The van der Waals surface area contributed by atoms with E-state index in [0.717, 1.165) is 4.47 Å². The number of thiocarbonyl (C=S) groups is 1. The Morgan fingerprint density at radius 2 is 1.78 bits per heavy atom. The second kappa shape index (κ2) is 9.83. The van der Waals surface area contributed by atoms with Gasteiger partial charge < -0.3 is 16.0 Å². The smallest absolute Gasteiger partial charge is 0.254 e. The molecule has 3 N–H and O–H groups in total. The van der Waals surface area contributed by atoms with E-state index in [2.05, 4.69) is 31.9 Å². The maximum absolute atomic E-state index is 12.5. The van der Waals surface area contributed by atoms with E-state index in [1.165, 1.54) is 18.2 Å². The second-order valence-electron chi connectivity index (χ2n) is 5.18. The van der Waals surface area contributed by atoms with Gasteiger partial charge in [0, 0.05) is 15.2 Å². The fourth-order valence-electron chi connectivity index (χ4n) is 1.95. The van der Waals surface area contributed by atoms with Crippen LogP contribution in [-0.2, 0) is 0 Å². The predicted octanol–water partition coefficient (Wildman–Crippen LogP) is 6.17. The molecule has 0 aliphatic rings.